The largest absolute Gasteiger partial charge is 0.416 e. The number of amides is 1. The van der Waals surface area contributed by atoms with Gasteiger partial charge in [-0.25, -0.2) is 0 Å². The van der Waals surface area contributed by atoms with Crippen LogP contribution in [0.1, 0.15) is 27.7 Å². The van der Waals surface area contributed by atoms with Gasteiger partial charge < -0.3 is 10.4 Å². The van der Waals surface area contributed by atoms with E-state index in [9.17, 15) is 23.1 Å². The fraction of sp³-hybridized carbons (Fsp3) is 0.200. The number of alkyl halides is 3. The Balaban J connectivity index is 2.01. The number of carbonyl (C=O) groups is 1. The van der Waals surface area contributed by atoms with Gasteiger partial charge >= 0.3 is 6.18 Å². The van der Waals surface area contributed by atoms with E-state index in [1.807, 2.05) is 0 Å². The third-order valence-corrected chi connectivity index (χ3v) is 2.95. The van der Waals surface area contributed by atoms with Crippen LogP contribution < -0.4 is 5.32 Å². The molecule has 7 heteroatoms. The molecule has 116 valence electrons. The van der Waals surface area contributed by atoms with Crippen LogP contribution in [0.3, 0.4) is 0 Å². The SMILES string of the molecule is O=C(NCC(O)c1cccc(C(F)(F)F)c1)c1ccccn1. The lowest BCUT2D eigenvalue weighted by molar-refractivity contribution is -0.137. The molecule has 0 saturated carbocycles. The molecule has 2 N–H and O–H groups in total. The summed E-state index contributed by atoms with van der Waals surface area (Å²) in [6, 6.07) is 9.13. The van der Waals surface area contributed by atoms with Gasteiger partial charge in [0.1, 0.15) is 5.69 Å². The quantitative estimate of drug-likeness (QED) is 0.912. The van der Waals surface area contributed by atoms with Gasteiger partial charge in [-0.3, -0.25) is 9.78 Å². The maximum atomic E-state index is 12.6. The molecular formula is C15H13F3N2O2. The maximum absolute atomic E-state index is 12.6. The molecule has 0 aliphatic rings. The van der Waals surface area contributed by atoms with Gasteiger partial charge in [-0.05, 0) is 29.8 Å². The monoisotopic (exact) mass is 310 g/mol. The predicted octanol–water partition coefficient (Wildman–Crippen LogP) is 2.56. The summed E-state index contributed by atoms with van der Waals surface area (Å²) in [5, 5.41) is 12.3. The zero-order valence-electron chi connectivity index (χ0n) is 11.3. The van der Waals surface area contributed by atoms with Crippen molar-refractivity contribution in [1.82, 2.24) is 10.3 Å². The van der Waals surface area contributed by atoms with E-state index in [1.165, 1.54) is 24.4 Å². The second-order valence-corrected chi connectivity index (χ2v) is 4.56. The third-order valence-electron chi connectivity index (χ3n) is 2.95. The Hall–Kier alpha value is -2.41. The molecule has 2 rings (SSSR count). The van der Waals surface area contributed by atoms with Gasteiger partial charge in [-0.15, -0.1) is 0 Å². The summed E-state index contributed by atoms with van der Waals surface area (Å²) in [6.45, 7) is -0.212. The van der Waals surface area contributed by atoms with Crippen LogP contribution in [0.5, 0.6) is 0 Å². The van der Waals surface area contributed by atoms with E-state index in [1.54, 1.807) is 12.1 Å². The second-order valence-electron chi connectivity index (χ2n) is 4.56. The number of pyridine rings is 1. The Morgan fingerprint density at radius 3 is 2.64 bits per heavy atom. The van der Waals surface area contributed by atoms with E-state index in [0.717, 1.165) is 12.1 Å². The topological polar surface area (TPSA) is 62.2 Å². The number of benzene rings is 1. The normalized spacial score (nSPS) is 12.7. The van der Waals surface area contributed by atoms with Crippen LogP contribution in [0, 0.1) is 0 Å². The molecule has 0 aliphatic carbocycles. The first-order chi connectivity index (χ1) is 10.4. The average Bonchev–Trinajstić information content (AvgIpc) is 2.52. The molecule has 0 radical (unpaired) electrons. The number of aromatic nitrogens is 1. The number of nitrogens with one attached hydrogen (secondary N) is 1. The molecule has 0 bridgehead atoms. The van der Waals surface area contributed by atoms with Gasteiger partial charge in [0.25, 0.3) is 5.91 Å². The standard InChI is InChI=1S/C15H13F3N2O2/c16-15(17,18)11-5-3-4-10(8-11)13(21)9-20-14(22)12-6-1-2-7-19-12/h1-8,13,21H,9H2,(H,20,22). The van der Waals surface area contributed by atoms with E-state index in [-0.39, 0.29) is 17.8 Å². The lowest BCUT2D eigenvalue weighted by Gasteiger charge is -2.14. The highest BCUT2D eigenvalue weighted by atomic mass is 19.4. The van der Waals surface area contributed by atoms with E-state index in [4.69, 9.17) is 0 Å². The summed E-state index contributed by atoms with van der Waals surface area (Å²) < 4.78 is 37.8. The minimum Gasteiger partial charge on any atom is -0.387 e. The van der Waals surface area contributed by atoms with Crippen molar-refractivity contribution in [1.29, 1.82) is 0 Å². The number of carbonyl (C=O) groups excluding carboxylic acids is 1. The van der Waals surface area contributed by atoms with Crippen molar-refractivity contribution < 1.29 is 23.1 Å². The molecule has 1 unspecified atom stereocenters. The minimum absolute atomic E-state index is 0.0798. The van der Waals surface area contributed by atoms with Crippen molar-refractivity contribution >= 4 is 5.91 Å². The Morgan fingerprint density at radius 1 is 1.23 bits per heavy atom. The molecule has 0 spiro atoms. The smallest absolute Gasteiger partial charge is 0.387 e. The van der Waals surface area contributed by atoms with Crippen molar-refractivity contribution in [2.24, 2.45) is 0 Å². The lowest BCUT2D eigenvalue weighted by Crippen LogP contribution is -2.29. The Labute approximate surface area is 124 Å². The summed E-state index contributed by atoms with van der Waals surface area (Å²) in [5.41, 5.74) is -0.602. The van der Waals surface area contributed by atoms with E-state index >= 15 is 0 Å². The fourth-order valence-electron chi connectivity index (χ4n) is 1.82. The van der Waals surface area contributed by atoms with E-state index in [2.05, 4.69) is 10.3 Å². The van der Waals surface area contributed by atoms with Gasteiger partial charge in [0, 0.05) is 12.7 Å². The second kappa shape index (κ2) is 6.57. The van der Waals surface area contributed by atoms with Crippen LogP contribution in [-0.2, 0) is 6.18 Å². The van der Waals surface area contributed by atoms with Crippen LogP contribution in [0.2, 0.25) is 0 Å². The lowest BCUT2D eigenvalue weighted by atomic mass is 10.1. The molecule has 22 heavy (non-hydrogen) atoms. The van der Waals surface area contributed by atoms with Crippen LogP contribution in [-0.4, -0.2) is 22.5 Å². The zero-order valence-corrected chi connectivity index (χ0v) is 11.3. The van der Waals surface area contributed by atoms with Crippen molar-refractivity contribution in [2.45, 2.75) is 12.3 Å². The number of rotatable bonds is 4. The number of hydrogen-bond acceptors (Lipinski definition) is 3. The zero-order chi connectivity index (χ0) is 16.2. The summed E-state index contributed by atoms with van der Waals surface area (Å²) >= 11 is 0. The minimum atomic E-state index is -4.48. The predicted molar refractivity (Wildman–Crippen MR) is 73.0 cm³/mol. The third kappa shape index (κ3) is 4.05. The first kappa shape index (κ1) is 16.0. The van der Waals surface area contributed by atoms with Crippen LogP contribution in [0.4, 0.5) is 13.2 Å². The molecule has 1 amide bonds. The van der Waals surface area contributed by atoms with Crippen molar-refractivity contribution in [2.75, 3.05) is 6.54 Å². The Morgan fingerprint density at radius 2 is 2.00 bits per heavy atom. The summed E-state index contributed by atoms with van der Waals surface area (Å²) in [6.07, 6.45) is -4.28. The van der Waals surface area contributed by atoms with Crippen molar-refractivity contribution in [3.63, 3.8) is 0 Å². The summed E-state index contributed by atoms with van der Waals surface area (Å²) in [5.74, 6) is -0.508. The first-order valence-corrected chi connectivity index (χ1v) is 6.42. The van der Waals surface area contributed by atoms with E-state index < -0.39 is 23.8 Å². The molecule has 1 heterocycles. The Kier molecular flexibility index (Phi) is 4.77. The number of halogens is 3. The molecule has 0 fully saturated rings. The van der Waals surface area contributed by atoms with Crippen LogP contribution in [0.15, 0.2) is 48.7 Å². The molecular weight excluding hydrogens is 297 g/mol. The van der Waals surface area contributed by atoms with Crippen molar-refractivity contribution in [3.8, 4) is 0 Å². The molecule has 4 nitrogen and oxygen atoms in total. The molecule has 1 aromatic carbocycles. The average molecular weight is 310 g/mol. The molecule has 1 atom stereocenters. The van der Waals surface area contributed by atoms with Gasteiger partial charge in [0.2, 0.25) is 0 Å². The van der Waals surface area contributed by atoms with Gasteiger partial charge in [-0.1, -0.05) is 18.2 Å². The fourth-order valence-corrected chi connectivity index (χ4v) is 1.82. The highest BCUT2D eigenvalue weighted by molar-refractivity contribution is 5.92. The summed E-state index contributed by atoms with van der Waals surface area (Å²) in [4.78, 5) is 15.6. The summed E-state index contributed by atoms with van der Waals surface area (Å²) in [7, 11) is 0. The first-order valence-electron chi connectivity index (χ1n) is 6.42. The molecule has 2 aromatic rings. The van der Waals surface area contributed by atoms with Crippen LogP contribution >= 0.6 is 0 Å². The van der Waals surface area contributed by atoms with Crippen LogP contribution in [0.25, 0.3) is 0 Å². The van der Waals surface area contributed by atoms with Gasteiger partial charge in [-0.2, -0.15) is 13.2 Å². The van der Waals surface area contributed by atoms with E-state index in [0.29, 0.717) is 0 Å². The molecule has 1 aromatic heterocycles. The molecule has 0 aliphatic heterocycles. The number of nitrogens with zero attached hydrogens (tertiary/aromatic N) is 1. The molecule has 0 saturated heterocycles. The van der Waals surface area contributed by atoms with Crippen molar-refractivity contribution in [3.05, 3.63) is 65.5 Å². The number of hydrogen-bond donors (Lipinski definition) is 2. The highest BCUT2D eigenvalue weighted by Crippen LogP contribution is 2.30. The van der Waals surface area contributed by atoms with Gasteiger partial charge in [0.15, 0.2) is 0 Å². The number of aliphatic hydroxyl groups is 1. The Bertz CT molecular complexity index is 645. The van der Waals surface area contributed by atoms with Gasteiger partial charge in [0.05, 0.1) is 11.7 Å². The maximum Gasteiger partial charge on any atom is 0.416 e. The number of aliphatic hydroxyl groups excluding tert-OH is 1. The highest BCUT2D eigenvalue weighted by Gasteiger charge is 2.30.